The van der Waals surface area contributed by atoms with Gasteiger partial charge in [0.1, 0.15) is 5.78 Å². The van der Waals surface area contributed by atoms with Crippen molar-refractivity contribution in [3.63, 3.8) is 0 Å². The molecular formula is C35H46O2Si. The SMILES string of the molecule is C[C@@H]1CC[C@]2(C)C[C@@H](O[Si](c3ccccc3)(c3ccccc3)C(C)(C)C)[C@]3(C)CC[C@H]4C3=C2[C@@H]1C(=O)[C@@H]4C. The van der Waals surface area contributed by atoms with Crippen molar-refractivity contribution in [1.82, 2.24) is 0 Å². The van der Waals surface area contributed by atoms with Gasteiger partial charge in [-0.2, -0.15) is 0 Å². The van der Waals surface area contributed by atoms with E-state index in [9.17, 15) is 4.79 Å². The normalized spacial score (nSPS) is 36.8. The number of hydrogen-bond donors (Lipinski definition) is 0. The molecule has 2 aromatic carbocycles. The van der Waals surface area contributed by atoms with E-state index < -0.39 is 8.32 Å². The quantitative estimate of drug-likeness (QED) is 0.308. The first-order chi connectivity index (χ1) is 17.9. The molecule has 3 heteroatoms. The number of rotatable bonds is 4. The third-order valence-corrected chi connectivity index (χ3v) is 16.4. The van der Waals surface area contributed by atoms with Crippen LogP contribution in [0.1, 0.15) is 80.6 Å². The Balaban J connectivity index is 1.56. The molecule has 0 saturated heterocycles. The van der Waals surface area contributed by atoms with Gasteiger partial charge in [0.25, 0.3) is 8.32 Å². The van der Waals surface area contributed by atoms with Crippen LogP contribution in [0.5, 0.6) is 0 Å². The Bertz CT molecular complexity index is 1220. The van der Waals surface area contributed by atoms with Crippen molar-refractivity contribution in [3.8, 4) is 0 Å². The number of carbonyl (C=O) groups is 1. The van der Waals surface area contributed by atoms with Crippen molar-refractivity contribution in [2.75, 3.05) is 0 Å². The van der Waals surface area contributed by atoms with E-state index in [1.54, 1.807) is 11.1 Å². The van der Waals surface area contributed by atoms with Crippen LogP contribution < -0.4 is 10.4 Å². The van der Waals surface area contributed by atoms with Gasteiger partial charge < -0.3 is 4.43 Å². The summed E-state index contributed by atoms with van der Waals surface area (Å²) in [4.78, 5) is 13.8. The lowest BCUT2D eigenvalue weighted by Gasteiger charge is -2.59. The minimum absolute atomic E-state index is 0.00313. The predicted octanol–water partition coefficient (Wildman–Crippen LogP) is 7.32. The molecule has 0 bridgehead atoms. The fourth-order valence-electron chi connectivity index (χ4n) is 9.33. The molecule has 202 valence electrons. The molecule has 2 nitrogen and oxygen atoms in total. The zero-order chi connectivity index (χ0) is 27.1. The Labute approximate surface area is 231 Å². The molecule has 0 radical (unpaired) electrons. The van der Waals surface area contributed by atoms with Crippen LogP contribution in [0.3, 0.4) is 0 Å². The van der Waals surface area contributed by atoms with Gasteiger partial charge in [-0.25, -0.2) is 0 Å². The summed E-state index contributed by atoms with van der Waals surface area (Å²) >= 11 is 0. The molecule has 4 aliphatic carbocycles. The van der Waals surface area contributed by atoms with Crippen LogP contribution in [0.2, 0.25) is 5.04 Å². The van der Waals surface area contributed by atoms with Crippen molar-refractivity contribution in [2.45, 2.75) is 91.7 Å². The maximum Gasteiger partial charge on any atom is 0.261 e. The summed E-state index contributed by atoms with van der Waals surface area (Å²) in [6, 6.07) is 22.3. The van der Waals surface area contributed by atoms with Gasteiger partial charge in [0, 0.05) is 17.3 Å². The maximum atomic E-state index is 13.8. The summed E-state index contributed by atoms with van der Waals surface area (Å²) in [5.41, 5.74) is 3.27. The molecule has 0 unspecified atom stereocenters. The molecule has 2 fully saturated rings. The summed E-state index contributed by atoms with van der Waals surface area (Å²) in [5.74, 6) is 1.65. The summed E-state index contributed by atoms with van der Waals surface area (Å²) in [6.07, 6.45) is 5.76. The molecule has 6 rings (SSSR count). The molecule has 0 amide bonds. The maximum absolute atomic E-state index is 13.8. The number of allylic oxidation sites excluding steroid dienone is 1. The van der Waals surface area contributed by atoms with Gasteiger partial charge in [-0.05, 0) is 64.8 Å². The lowest BCUT2D eigenvalue weighted by Crippen LogP contribution is -2.69. The summed E-state index contributed by atoms with van der Waals surface area (Å²) in [5, 5.41) is 2.69. The van der Waals surface area contributed by atoms with Gasteiger partial charge in [-0.3, -0.25) is 4.79 Å². The van der Waals surface area contributed by atoms with Crippen LogP contribution in [0.15, 0.2) is 71.8 Å². The highest BCUT2D eigenvalue weighted by molar-refractivity contribution is 6.99. The Morgan fingerprint density at radius 2 is 1.42 bits per heavy atom. The molecule has 38 heavy (non-hydrogen) atoms. The molecule has 0 N–H and O–H groups in total. The molecule has 2 saturated carbocycles. The van der Waals surface area contributed by atoms with Gasteiger partial charge in [-0.15, -0.1) is 0 Å². The van der Waals surface area contributed by atoms with E-state index >= 15 is 0 Å². The fourth-order valence-corrected chi connectivity index (χ4v) is 14.1. The second-order valence-electron chi connectivity index (χ2n) is 14.6. The Morgan fingerprint density at radius 1 is 0.842 bits per heavy atom. The van der Waals surface area contributed by atoms with E-state index in [0.29, 0.717) is 17.6 Å². The third-order valence-electron chi connectivity index (χ3n) is 11.4. The van der Waals surface area contributed by atoms with Crippen LogP contribution in [0, 0.1) is 34.5 Å². The minimum atomic E-state index is -2.69. The molecule has 7 atom stereocenters. The molecule has 0 aromatic heterocycles. The van der Waals surface area contributed by atoms with Crippen LogP contribution in [0.25, 0.3) is 0 Å². The second-order valence-corrected chi connectivity index (χ2v) is 18.9. The van der Waals surface area contributed by atoms with Crippen LogP contribution in [-0.2, 0) is 9.22 Å². The average Bonchev–Trinajstić information content (AvgIpc) is 3.25. The van der Waals surface area contributed by atoms with Crippen LogP contribution in [-0.4, -0.2) is 20.2 Å². The van der Waals surface area contributed by atoms with Crippen molar-refractivity contribution >= 4 is 24.5 Å². The van der Waals surface area contributed by atoms with E-state index in [2.05, 4.69) is 109 Å². The Hall–Kier alpha value is -1.97. The molecule has 0 heterocycles. The second kappa shape index (κ2) is 8.76. The summed E-state index contributed by atoms with van der Waals surface area (Å²) in [7, 11) is -2.69. The lowest BCUT2D eigenvalue weighted by molar-refractivity contribution is -0.131. The van der Waals surface area contributed by atoms with Gasteiger partial charge in [0.05, 0.1) is 6.10 Å². The van der Waals surface area contributed by atoms with Crippen molar-refractivity contribution in [2.24, 2.45) is 34.5 Å². The number of benzene rings is 2. The van der Waals surface area contributed by atoms with Crippen molar-refractivity contribution in [3.05, 3.63) is 71.8 Å². The fraction of sp³-hybridized carbons (Fsp3) is 0.571. The van der Waals surface area contributed by atoms with E-state index in [4.69, 9.17) is 4.43 Å². The smallest absolute Gasteiger partial charge is 0.261 e. The van der Waals surface area contributed by atoms with E-state index in [1.807, 2.05) is 0 Å². The standard InChI is InChI=1S/C35H46O2Si/c1-23-18-20-34(6)22-28(35(7)21-19-27-24(2)32(36)29(23)31(34)30(27)35)37-38(33(3,4)5,25-14-10-8-11-15-25)26-16-12-9-13-17-26/h8-17,23-24,27-29H,18-22H2,1-7H3/t23-,24-,27-,28-,29-,34-,35+/m1/s1. The first-order valence-electron chi connectivity index (χ1n) is 15.0. The number of ketones is 1. The molecule has 0 aliphatic heterocycles. The van der Waals surface area contributed by atoms with Gasteiger partial charge in [-0.1, -0.05) is 120 Å². The highest BCUT2D eigenvalue weighted by Gasteiger charge is 2.64. The monoisotopic (exact) mass is 526 g/mol. The molecule has 2 aromatic rings. The number of hydrogen-bond acceptors (Lipinski definition) is 2. The first kappa shape index (κ1) is 26.3. The Morgan fingerprint density at radius 3 is 1.97 bits per heavy atom. The number of carbonyl (C=O) groups excluding carboxylic acids is 1. The number of Topliss-reactive ketones (excluding diaryl/α,β-unsaturated/α-hetero) is 1. The summed E-state index contributed by atoms with van der Waals surface area (Å²) in [6.45, 7) is 16.7. The summed E-state index contributed by atoms with van der Waals surface area (Å²) < 4.78 is 7.96. The van der Waals surface area contributed by atoms with Gasteiger partial charge in [0.15, 0.2) is 0 Å². The third kappa shape index (κ3) is 3.50. The largest absolute Gasteiger partial charge is 0.404 e. The Kier molecular flexibility index (Phi) is 6.06. The highest BCUT2D eigenvalue weighted by Crippen LogP contribution is 2.68. The van der Waals surface area contributed by atoms with Crippen LogP contribution in [0.4, 0.5) is 0 Å². The highest BCUT2D eigenvalue weighted by atomic mass is 28.4. The van der Waals surface area contributed by atoms with E-state index in [1.165, 1.54) is 16.8 Å². The average molecular weight is 527 g/mol. The van der Waals surface area contributed by atoms with E-state index in [-0.39, 0.29) is 33.8 Å². The molecule has 4 aliphatic rings. The topological polar surface area (TPSA) is 26.3 Å². The van der Waals surface area contributed by atoms with Gasteiger partial charge in [0.2, 0.25) is 0 Å². The van der Waals surface area contributed by atoms with Crippen molar-refractivity contribution < 1.29 is 9.22 Å². The van der Waals surface area contributed by atoms with Gasteiger partial charge >= 0.3 is 0 Å². The van der Waals surface area contributed by atoms with Crippen molar-refractivity contribution in [1.29, 1.82) is 0 Å². The zero-order valence-electron chi connectivity index (χ0n) is 24.5. The van der Waals surface area contributed by atoms with E-state index in [0.717, 1.165) is 25.7 Å². The predicted molar refractivity (Wildman–Crippen MR) is 159 cm³/mol. The minimum Gasteiger partial charge on any atom is -0.404 e. The lowest BCUT2D eigenvalue weighted by atomic mass is 9.48. The molecular weight excluding hydrogens is 480 g/mol. The first-order valence-corrected chi connectivity index (χ1v) is 16.9. The molecule has 0 spiro atoms. The van der Waals surface area contributed by atoms with Crippen LogP contribution >= 0.6 is 0 Å². The zero-order valence-corrected chi connectivity index (χ0v) is 25.5.